The van der Waals surface area contributed by atoms with E-state index in [2.05, 4.69) is 5.32 Å². The van der Waals surface area contributed by atoms with Gasteiger partial charge in [-0.2, -0.15) is 0 Å². The summed E-state index contributed by atoms with van der Waals surface area (Å²) in [7, 11) is 0. The monoisotopic (exact) mass is 287 g/mol. The standard InChI is InChI=1S/C16H17NO4/c18-15(17-11-14-7-4-10-20-14)12-21-16(19)9-8-13-5-2-1-3-6-13/h1-7,10H,8-9,11-12H2,(H,17,18). The number of amides is 1. The number of benzene rings is 1. The predicted molar refractivity (Wildman–Crippen MR) is 76.3 cm³/mol. The average molecular weight is 287 g/mol. The predicted octanol–water partition coefficient (Wildman–Crippen LogP) is 2.07. The summed E-state index contributed by atoms with van der Waals surface area (Å²) in [6.45, 7) is 0.0156. The maximum Gasteiger partial charge on any atom is 0.306 e. The molecule has 1 amide bonds. The summed E-state index contributed by atoms with van der Waals surface area (Å²) < 4.78 is 9.99. The molecule has 0 fully saturated rings. The summed E-state index contributed by atoms with van der Waals surface area (Å²) in [5, 5.41) is 2.60. The molecule has 110 valence electrons. The largest absolute Gasteiger partial charge is 0.467 e. The number of furan rings is 1. The maximum absolute atomic E-state index is 11.5. The minimum atomic E-state index is -0.382. The summed E-state index contributed by atoms with van der Waals surface area (Å²) in [4.78, 5) is 23.0. The lowest BCUT2D eigenvalue weighted by molar-refractivity contribution is -0.148. The van der Waals surface area contributed by atoms with Gasteiger partial charge in [-0.3, -0.25) is 9.59 Å². The van der Waals surface area contributed by atoms with Crippen LogP contribution in [0.15, 0.2) is 53.1 Å². The van der Waals surface area contributed by atoms with E-state index in [4.69, 9.17) is 9.15 Å². The molecule has 0 aliphatic heterocycles. The summed E-state index contributed by atoms with van der Waals surface area (Å²) >= 11 is 0. The fourth-order valence-corrected chi connectivity index (χ4v) is 1.76. The number of carbonyl (C=O) groups is 2. The Morgan fingerprint density at radius 2 is 1.90 bits per heavy atom. The molecule has 0 aliphatic rings. The van der Waals surface area contributed by atoms with Gasteiger partial charge in [-0.1, -0.05) is 30.3 Å². The fraction of sp³-hybridized carbons (Fsp3) is 0.250. The summed E-state index contributed by atoms with van der Waals surface area (Å²) in [5.41, 5.74) is 1.07. The van der Waals surface area contributed by atoms with Gasteiger partial charge in [-0.15, -0.1) is 0 Å². The number of ether oxygens (including phenoxy) is 1. The molecule has 0 aliphatic carbocycles. The first-order valence-corrected chi connectivity index (χ1v) is 6.72. The highest BCUT2D eigenvalue weighted by molar-refractivity contribution is 5.80. The normalized spacial score (nSPS) is 10.1. The molecule has 0 unspecified atom stereocenters. The van der Waals surface area contributed by atoms with E-state index in [1.807, 2.05) is 30.3 Å². The number of nitrogens with one attached hydrogen (secondary N) is 1. The van der Waals surface area contributed by atoms with E-state index >= 15 is 0 Å². The molecule has 21 heavy (non-hydrogen) atoms. The minimum absolute atomic E-state index is 0.259. The van der Waals surface area contributed by atoms with Crippen molar-refractivity contribution in [2.24, 2.45) is 0 Å². The number of aryl methyl sites for hydroxylation is 1. The highest BCUT2D eigenvalue weighted by atomic mass is 16.5. The minimum Gasteiger partial charge on any atom is -0.467 e. The molecule has 1 heterocycles. The molecule has 0 atom stereocenters. The van der Waals surface area contributed by atoms with E-state index in [1.165, 1.54) is 6.26 Å². The van der Waals surface area contributed by atoms with Crippen LogP contribution in [0.3, 0.4) is 0 Å². The molecule has 2 rings (SSSR count). The molecule has 1 N–H and O–H groups in total. The molecule has 1 aromatic carbocycles. The van der Waals surface area contributed by atoms with Gasteiger partial charge in [0, 0.05) is 6.42 Å². The zero-order valence-corrected chi connectivity index (χ0v) is 11.6. The number of carbonyl (C=O) groups excluding carboxylic acids is 2. The van der Waals surface area contributed by atoms with Crippen molar-refractivity contribution in [1.29, 1.82) is 0 Å². The first-order chi connectivity index (χ1) is 10.2. The van der Waals surface area contributed by atoms with Crippen molar-refractivity contribution in [3.63, 3.8) is 0 Å². The summed E-state index contributed by atoms with van der Waals surface area (Å²) in [6, 6.07) is 13.2. The van der Waals surface area contributed by atoms with Gasteiger partial charge in [0.05, 0.1) is 12.8 Å². The van der Waals surface area contributed by atoms with Gasteiger partial charge >= 0.3 is 5.97 Å². The lowest BCUT2D eigenvalue weighted by atomic mass is 10.1. The van der Waals surface area contributed by atoms with Crippen molar-refractivity contribution < 1.29 is 18.7 Å². The van der Waals surface area contributed by atoms with E-state index in [9.17, 15) is 9.59 Å². The van der Waals surface area contributed by atoms with Gasteiger partial charge in [-0.05, 0) is 24.1 Å². The molecule has 5 heteroatoms. The van der Waals surface area contributed by atoms with E-state index < -0.39 is 0 Å². The van der Waals surface area contributed by atoms with Gasteiger partial charge in [0.1, 0.15) is 5.76 Å². The third-order valence-corrected chi connectivity index (χ3v) is 2.86. The smallest absolute Gasteiger partial charge is 0.306 e. The highest BCUT2D eigenvalue weighted by Gasteiger charge is 2.08. The van der Waals surface area contributed by atoms with Gasteiger partial charge in [0.25, 0.3) is 5.91 Å². The third-order valence-electron chi connectivity index (χ3n) is 2.86. The third kappa shape index (κ3) is 5.52. The molecule has 0 radical (unpaired) electrons. The van der Waals surface area contributed by atoms with Gasteiger partial charge < -0.3 is 14.5 Å². The number of hydrogen-bond donors (Lipinski definition) is 1. The second-order valence-electron chi connectivity index (χ2n) is 4.50. The Morgan fingerprint density at radius 3 is 2.62 bits per heavy atom. The van der Waals surface area contributed by atoms with Crippen LogP contribution in [0.4, 0.5) is 0 Å². The average Bonchev–Trinajstić information content (AvgIpc) is 3.03. The van der Waals surface area contributed by atoms with Crippen LogP contribution in [0.2, 0.25) is 0 Å². The van der Waals surface area contributed by atoms with E-state index in [-0.39, 0.29) is 31.4 Å². The SMILES string of the molecule is O=C(COC(=O)CCc1ccccc1)NCc1ccco1. The quantitative estimate of drug-likeness (QED) is 0.792. The molecule has 0 saturated carbocycles. The van der Waals surface area contributed by atoms with Crippen molar-refractivity contribution in [3.05, 3.63) is 60.1 Å². The van der Waals surface area contributed by atoms with Crippen LogP contribution in [0.25, 0.3) is 0 Å². The zero-order valence-electron chi connectivity index (χ0n) is 11.6. The molecule has 5 nitrogen and oxygen atoms in total. The Kier molecular flexibility index (Phi) is 5.58. The molecule has 2 aromatic rings. The number of rotatable bonds is 7. The van der Waals surface area contributed by atoms with Crippen molar-refractivity contribution >= 4 is 11.9 Å². The zero-order chi connectivity index (χ0) is 14.9. The van der Waals surface area contributed by atoms with Crippen LogP contribution in [0.1, 0.15) is 17.7 Å². The Morgan fingerprint density at radius 1 is 1.10 bits per heavy atom. The molecular weight excluding hydrogens is 270 g/mol. The maximum atomic E-state index is 11.5. The van der Waals surface area contributed by atoms with Crippen LogP contribution >= 0.6 is 0 Å². The van der Waals surface area contributed by atoms with Crippen molar-refractivity contribution in [1.82, 2.24) is 5.32 Å². The van der Waals surface area contributed by atoms with Crippen molar-refractivity contribution in [2.75, 3.05) is 6.61 Å². The number of hydrogen-bond acceptors (Lipinski definition) is 4. The second kappa shape index (κ2) is 7.89. The van der Waals surface area contributed by atoms with Gasteiger partial charge in [-0.25, -0.2) is 0 Å². The topological polar surface area (TPSA) is 68.5 Å². The second-order valence-corrected chi connectivity index (χ2v) is 4.50. The van der Waals surface area contributed by atoms with Crippen molar-refractivity contribution in [2.45, 2.75) is 19.4 Å². The highest BCUT2D eigenvalue weighted by Crippen LogP contribution is 2.03. The van der Waals surface area contributed by atoms with E-state index in [0.29, 0.717) is 12.2 Å². The van der Waals surface area contributed by atoms with Crippen molar-refractivity contribution in [3.8, 4) is 0 Å². The Labute approximate surface area is 122 Å². The first-order valence-electron chi connectivity index (χ1n) is 6.72. The summed E-state index contributed by atoms with van der Waals surface area (Å²) in [6.07, 6.45) is 2.40. The van der Waals surface area contributed by atoms with Crippen LogP contribution in [0, 0.1) is 0 Å². The van der Waals surface area contributed by atoms with E-state index in [1.54, 1.807) is 12.1 Å². The first kappa shape index (κ1) is 14.8. The Balaban J connectivity index is 1.61. The van der Waals surface area contributed by atoms with Crippen LogP contribution < -0.4 is 5.32 Å². The Hall–Kier alpha value is -2.56. The Bertz CT molecular complexity index is 563. The van der Waals surface area contributed by atoms with Gasteiger partial charge in [0.15, 0.2) is 6.61 Å². The number of esters is 1. The molecule has 0 bridgehead atoms. The van der Waals surface area contributed by atoms with Gasteiger partial charge in [0.2, 0.25) is 0 Å². The lowest BCUT2D eigenvalue weighted by Gasteiger charge is -2.05. The molecular formula is C16H17NO4. The molecule has 0 saturated heterocycles. The van der Waals surface area contributed by atoms with E-state index in [0.717, 1.165) is 5.56 Å². The summed E-state index contributed by atoms with van der Waals surface area (Å²) in [5.74, 6) is -0.0785. The van der Waals surface area contributed by atoms with Crippen LogP contribution in [-0.4, -0.2) is 18.5 Å². The van der Waals surface area contributed by atoms with Crippen LogP contribution in [-0.2, 0) is 27.3 Å². The van der Waals surface area contributed by atoms with Crippen LogP contribution in [0.5, 0.6) is 0 Å². The molecule has 1 aromatic heterocycles. The molecule has 0 spiro atoms. The lowest BCUT2D eigenvalue weighted by Crippen LogP contribution is -2.28. The fourth-order valence-electron chi connectivity index (χ4n) is 1.76.